The second-order valence-corrected chi connectivity index (χ2v) is 8.62. The van der Waals surface area contributed by atoms with Gasteiger partial charge in [0.25, 0.3) is 11.1 Å². The molecule has 1 aliphatic rings. The quantitative estimate of drug-likeness (QED) is 0.394. The van der Waals surface area contributed by atoms with E-state index in [-0.39, 0.29) is 24.3 Å². The van der Waals surface area contributed by atoms with E-state index in [2.05, 4.69) is 15.9 Å². The lowest BCUT2D eigenvalue weighted by Crippen LogP contribution is -2.32. The minimum atomic E-state index is -0.335. The van der Waals surface area contributed by atoms with Crippen LogP contribution in [0.15, 0.2) is 74.5 Å². The molecule has 0 atom stereocenters. The fraction of sp³-hybridized carbons (Fsp3) is 0.130. The van der Waals surface area contributed by atoms with E-state index < -0.39 is 0 Å². The molecule has 0 N–H and O–H groups in total. The second kappa shape index (κ2) is 8.93. The number of hydrogen-bond donors (Lipinski definition) is 0. The molecule has 2 amide bonds. The van der Waals surface area contributed by atoms with Gasteiger partial charge in [0.2, 0.25) is 0 Å². The van der Waals surface area contributed by atoms with Gasteiger partial charge in [-0.3, -0.25) is 14.5 Å². The van der Waals surface area contributed by atoms with Crippen molar-refractivity contribution in [3.05, 3.63) is 81.4 Å². The first-order chi connectivity index (χ1) is 14.5. The SMILES string of the molecule is Cc1cccc(OCCN2C(=O)S/C(=C\c3ccc(-c4cccc(Br)c4)o3)C2=O)c1. The summed E-state index contributed by atoms with van der Waals surface area (Å²) in [7, 11) is 0. The predicted octanol–water partition coefficient (Wildman–Crippen LogP) is 6.13. The molecule has 1 saturated heterocycles. The van der Waals surface area contributed by atoms with Gasteiger partial charge in [-0.2, -0.15) is 0 Å². The number of furan rings is 1. The smallest absolute Gasteiger partial charge is 0.293 e. The minimum absolute atomic E-state index is 0.192. The molecule has 0 radical (unpaired) electrons. The van der Waals surface area contributed by atoms with Crippen LogP contribution in [-0.2, 0) is 4.79 Å². The Morgan fingerprint density at radius 3 is 2.73 bits per heavy atom. The normalized spacial score (nSPS) is 15.3. The van der Waals surface area contributed by atoms with Gasteiger partial charge in [0.1, 0.15) is 23.9 Å². The van der Waals surface area contributed by atoms with E-state index in [9.17, 15) is 9.59 Å². The number of carbonyl (C=O) groups is 2. The fourth-order valence-electron chi connectivity index (χ4n) is 3.01. The Balaban J connectivity index is 1.41. The van der Waals surface area contributed by atoms with E-state index in [0.29, 0.717) is 22.2 Å². The molecule has 7 heteroatoms. The molecule has 30 heavy (non-hydrogen) atoms. The summed E-state index contributed by atoms with van der Waals surface area (Å²) in [5.74, 6) is 1.59. The number of amides is 2. The van der Waals surface area contributed by atoms with Crippen LogP contribution in [0.4, 0.5) is 4.79 Å². The van der Waals surface area contributed by atoms with Gasteiger partial charge >= 0.3 is 0 Å². The number of imide groups is 1. The van der Waals surface area contributed by atoms with Crippen molar-refractivity contribution in [2.75, 3.05) is 13.2 Å². The zero-order valence-electron chi connectivity index (χ0n) is 16.1. The highest BCUT2D eigenvalue weighted by Crippen LogP contribution is 2.33. The maximum absolute atomic E-state index is 12.7. The van der Waals surface area contributed by atoms with Crippen LogP contribution >= 0.6 is 27.7 Å². The molecule has 3 aromatic rings. The molecule has 1 fully saturated rings. The fourth-order valence-corrected chi connectivity index (χ4v) is 4.25. The van der Waals surface area contributed by atoms with Crippen molar-refractivity contribution < 1.29 is 18.7 Å². The predicted molar refractivity (Wildman–Crippen MR) is 121 cm³/mol. The van der Waals surface area contributed by atoms with E-state index in [4.69, 9.17) is 9.15 Å². The summed E-state index contributed by atoms with van der Waals surface area (Å²) in [6, 6.07) is 19.0. The van der Waals surface area contributed by atoms with Crippen LogP contribution in [0.1, 0.15) is 11.3 Å². The highest BCUT2D eigenvalue weighted by molar-refractivity contribution is 9.10. The Morgan fingerprint density at radius 2 is 1.93 bits per heavy atom. The van der Waals surface area contributed by atoms with Gasteiger partial charge in [-0.05, 0) is 60.6 Å². The zero-order chi connectivity index (χ0) is 21.1. The van der Waals surface area contributed by atoms with E-state index in [1.807, 2.05) is 61.5 Å². The summed E-state index contributed by atoms with van der Waals surface area (Å²) < 4.78 is 12.5. The summed E-state index contributed by atoms with van der Waals surface area (Å²) in [6.07, 6.45) is 1.60. The van der Waals surface area contributed by atoms with Crippen LogP contribution in [0.2, 0.25) is 0 Å². The third kappa shape index (κ3) is 4.68. The molecule has 0 spiro atoms. The lowest BCUT2D eigenvalue weighted by molar-refractivity contribution is -0.123. The molecule has 1 aromatic heterocycles. The van der Waals surface area contributed by atoms with E-state index in [1.165, 1.54) is 4.90 Å². The van der Waals surface area contributed by atoms with Crippen LogP contribution < -0.4 is 4.74 Å². The van der Waals surface area contributed by atoms with Crippen molar-refractivity contribution in [3.8, 4) is 17.1 Å². The molecule has 2 heterocycles. The van der Waals surface area contributed by atoms with Crippen molar-refractivity contribution in [1.29, 1.82) is 0 Å². The number of thioether (sulfide) groups is 1. The molecule has 1 aliphatic heterocycles. The van der Waals surface area contributed by atoms with E-state index in [1.54, 1.807) is 12.1 Å². The zero-order valence-corrected chi connectivity index (χ0v) is 18.5. The molecule has 0 aliphatic carbocycles. The number of rotatable bonds is 6. The number of benzene rings is 2. The van der Waals surface area contributed by atoms with Crippen molar-refractivity contribution >= 4 is 44.9 Å². The van der Waals surface area contributed by atoms with E-state index >= 15 is 0 Å². The van der Waals surface area contributed by atoms with Gasteiger partial charge in [-0.1, -0.05) is 40.2 Å². The van der Waals surface area contributed by atoms with E-state index in [0.717, 1.165) is 27.4 Å². The summed E-state index contributed by atoms with van der Waals surface area (Å²) >= 11 is 4.35. The molecule has 0 unspecified atom stereocenters. The van der Waals surface area contributed by atoms with Crippen LogP contribution in [0.25, 0.3) is 17.4 Å². The van der Waals surface area contributed by atoms with Crippen LogP contribution in [-0.4, -0.2) is 29.2 Å². The highest BCUT2D eigenvalue weighted by Gasteiger charge is 2.35. The molecule has 0 bridgehead atoms. The topological polar surface area (TPSA) is 59.8 Å². The van der Waals surface area contributed by atoms with Gasteiger partial charge in [-0.15, -0.1) is 0 Å². The van der Waals surface area contributed by atoms with Crippen LogP contribution in [0.5, 0.6) is 5.75 Å². The van der Waals surface area contributed by atoms with Gasteiger partial charge in [-0.25, -0.2) is 0 Å². The summed E-state index contributed by atoms with van der Waals surface area (Å²) in [4.78, 5) is 26.5. The minimum Gasteiger partial charge on any atom is -0.492 e. The second-order valence-electron chi connectivity index (χ2n) is 6.71. The third-order valence-corrected chi connectivity index (χ3v) is 5.86. The van der Waals surface area contributed by atoms with Crippen molar-refractivity contribution in [2.45, 2.75) is 6.92 Å². The number of halogens is 1. The first-order valence-corrected chi connectivity index (χ1v) is 10.9. The molecule has 5 nitrogen and oxygen atoms in total. The lowest BCUT2D eigenvalue weighted by Gasteiger charge is -2.13. The number of carbonyl (C=O) groups excluding carboxylic acids is 2. The monoisotopic (exact) mass is 483 g/mol. The Kier molecular flexibility index (Phi) is 6.11. The number of nitrogens with zero attached hydrogens (tertiary/aromatic N) is 1. The van der Waals surface area contributed by atoms with Crippen LogP contribution in [0, 0.1) is 6.92 Å². The maximum atomic E-state index is 12.7. The third-order valence-electron chi connectivity index (χ3n) is 4.46. The largest absolute Gasteiger partial charge is 0.492 e. The lowest BCUT2D eigenvalue weighted by atomic mass is 10.2. The Morgan fingerprint density at radius 1 is 1.10 bits per heavy atom. The van der Waals surface area contributed by atoms with Gasteiger partial charge in [0.05, 0.1) is 11.4 Å². The Bertz CT molecular complexity index is 1140. The highest BCUT2D eigenvalue weighted by atomic mass is 79.9. The first-order valence-electron chi connectivity index (χ1n) is 9.30. The number of hydrogen-bond acceptors (Lipinski definition) is 5. The molecular weight excluding hydrogens is 466 g/mol. The van der Waals surface area contributed by atoms with Gasteiger partial charge < -0.3 is 9.15 Å². The van der Waals surface area contributed by atoms with Crippen LogP contribution in [0.3, 0.4) is 0 Å². The van der Waals surface area contributed by atoms with Crippen molar-refractivity contribution in [2.24, 2.45) is 0 Å². The summed E-state index contributed by atoms with van der Waals surface area (Å²) in [5, 5.41) is -0.308. The average molecular weight is 484 g/mol. The summed E-state index contributed by atoms with van der Waals surface area (Å²) in [6.45, 7) is 2.41. The standard InChI is InChI=1S/C23H18BrNO4S/c1-15-4-2-7-18(12-15)28-11-10-25-22(26)21(30-23(25)27)14-19-8-9-20(29-19)16-5-3-6-17(24)13-16/h2-9,12-14H,10-11H2,1H3/b21-14-. The molecule has 4 rings (SSSR count). The average Bonchev–Trinajstić information content (AvgIpc) is 3.28. The van der Waals surface area contributed by atoms with Gasteiger partial charge in [0, 0.05) is 16.1 Å². The number of ether oxygens (including phenoxy) is 1. The van der Waals surface area contributed by atoms with Crippen molar-refractivity contribution in [3.63, 3.8) is 0 Å². The number of aryl methyl sites for hydroxylation is 1. The Hall–Kier alpha value is -2.77. The molecule has 0 saturated carbocycles. The molecular formula is C23H18BrNO4S. The van der Waals surface area contributed by atoms with Crippen molar-refractivity contribution in [1.82, 2.24) is 4.90 Å². The maximum Gasteiger partial charge on any atom is 0.293 e. The molecule has 2 aromatic carbocycles. The summed E-state index contributed by atoms with van der Waals surface area (Å²) in [5.41, 5.74) is 2.01. The van der Waals surface area contributed by atoms with Gasteiger partial charge in [0.15, 0.2) is 0 Å². The molecule has 152 valence electrons. The Labute approximate surface area is 186 Å². The first kappa shape index (κ1) is 20.5.